The van der Waals surface area contributed by atoms with Gasteiger partial charge in [0.25, 0.3) is 0 Å². The van der Waals surface area contributed by atoms with E-state index in [2.05, 4.69) is 204 Å². The van der Waals surface area contributed by atoms with Crippen molar-refractivity contribution in [3.05, 3.63) is 217 Å². The van der Waals surface area contributed by atoms with Crippen LogP contribution in [0.2, 0.25) is 0 Å². The van der Waals surface area contributed by atoms with Crippen LogP contribution in [0.25, 0.3) is 82.5 Å². The van der Waals surface area contributed by atoms with Gasteiger partial charge in [-0.15, -0.1) is 0 Å². The van der Waals surface area contributed by atoms with E-state index in [1.165, 1.54) is 66.1 Å². The Labute approximate surface area is 355 Å². The monoisotopic (exact) mass is 782 g/mol. The van der Waals surface area contributed by atoms with Gasteiger partial charge < -0.3 is 13.9 Å². The van der Waals surface area contributed by atoms with Gasteiger partial charge in [-0.05, 0) is 137 Å². The molecular formula is C58H42N2O. The van der Waals surface area contributed by atoms with Gasteiger partial charge in [0.15, 0.2) is 0 Å². The Bertz CT molecular complexity index is 3440. The highest BCUT2D eigenvalue weighted by Crippen LogP contribution is 2.42. The molecule has 10 aromatic rings. The van der Waals surface area contributed by atoms with E-state index in [9.17, 15) is 0 Å². The molecule has 2 heterocycles. The summed E-state index contributed by atoms with van der Waals surface area (Å²) in [5, 5.41) is 7.52. The van der Waals surface area contributed by atoms with Gasteiger partial charge in [0.2, 0.25) is 0 Å². The number of aromatic nitrogens is 1. The predicted molar refractivity (Wildman–Crippen MR) is 259 cm³/mol. The van der Waals surface area contributed by atoms with Gasteiger partial charge in [-0.25, -0.2) is 0 Å². The average Bonchev–Trinajstić information content (AvgIpc) is 3.89. The number of anilines is 3. The van der Waals surface area contributed by atoms with Gasteiger partial charge in [-0.1, -0.05) is 140 Å². The molecule has 0 bridgehead atoms. The molecule has 12 rings (SSSR count). The summed E-state index contributed by atoms with van der Waals surface area (Å²) >= 11 is 0. The molecule has 0 radical (unpaired) electrons. The fourth-order valence-electron chi connectivity index (χ4n) is 9.81. The Morgan fingerprint density at radius 1 is 0.459 bits per heavy atom. The molecule has 0 atom stereocenters. The van der Waals surface area contributed by atoms with Crippen LogP contribution in [0.5, 0.6) is 0 Å². The van der Waals surface area contributed by atoms with Crippen molar-refractivity contribution in [3.8, 4) is 11.1 Å². The molecule has 0 saturated carbocycles. The largest absolute Gasteiger partial charge is 0.456 e. The summed E-state index contributed by atoms with van der Waals surface area (Å²) in [4.78, 5) is 2.37. The van der Waals surface area contributed by atoms with E-state index in [0.29, 0.717) is 0 Å². The zero-order valence-electron chi connectivity index (χ0n) is 33.8. The molecule has 3 heteroatoms. The van der Waals surface area contributed by atoms with Crippen molar-refractivity contribution in [2.45, 2.75) is 25.7 Å². The molecule has 0 aliphatic heterocycles. The van der Waals surface area contributed by atoms with Crippen LogP contribution >= 0.6 is 0 Å². The molecule has 0 amide bonds. The lowest BCUT2D eigenvalue weighted by atomic mass is 9.95. The number of allylic oxidation sites excluding steroid dienone is 8. The summed E-state index contributed by atoms with van der Waals surface area (Å²) < 4.78 is 8.73. The zero-order valence-corrected chi connectivity index (χ0v) is 33.8. The van der Waals surface area contributed by atoms with Gasteiger partial charge >= 0.3 is 0 Å². The molecule has 290 valence electrons. The molecule has 0 spiro atoms. The third-order valence-corrected chi connectivity index (χ3v) is 12.8. The minimum absolute atomic E-state index is 0.910. The van der Waals surface area contributed by atoms with Crippen molar-refractivity contribution in [1.29, 1.82) is 0 Å². The van der Waals surface area contributed by atoms with Crippen LogP contribution in [0.1, 0.15) is 36.8 Å². The van der Waals surface area contributed by atoms with E-state index in [-0.39, 0.29) is 0 Å². The van der Waals surface area contributed by atoms with Gasteiger partial charge in [-0.3, -0.25) is 0 Å². The maximum Gasteiger partial charge on any atom is 0.136 e. The standard InChI is InChI=1S/C58H42N2O/c1-2-11-39(12-3-1)40-21-30-45(31-22-40)59(47-36-27-44(28-37-47)50-17-10-20-56-58(50)52-16-7-9-19-55(52)61-56)46-32-23-41(24-33-46)42-25-34-48(35-26-42)60-53-18-8-6-15-51(53)57-49-14-5-4-13-43(49)29-38-54(57)60/h2,4-25,27-34,36-38H,1,3,26,35H2. The molecule has 0 fully saturated rings. The van der Waals surface area contributed by atoms with Crippen LogP contribution in [-0.4, -0.2) is 4.57 Å². The molecule has 2 aromatic heterocycles. The summed E-state index contributed by atoms with van der Waals surface area (Å²) in [5.41, 5.74) is 16.5. The Kier molecular flexibility index (Phi) is 8.45. The highest BCUT2D eigenvalue weighted by atomic mass is 16.3. The van der Waals surface area contributed by atoms with Crippen molar-refractivity contribution in [3.63, 3.8) is 0 Å². The third-order valence-electron chi connectivity index (χ3n) is 12.8. The van der Waals surface area contributed by atoms with Crippen LogP contribution in [0.4, 0.5) is 17.1 Å². The van der Waals surface area contributed by atoms with Crippen molar-refractivity contribution in [1.82, 2.24) is 4.57 Å². The van der Waals surface area contributed by atoms with Gasteiger partial charge in [0.05, 0.1) is 11.0 Å². The molecule has 61 heavy (non-hydrogen) atoms. The molecule has 2 aliphatic carbocycles. The van der Waals surface area contributed by atoms with Crippen molar-refractivity contribution in [2.75, 3.05) is 4.90 Å². The summed E-state index contributed by atoms with van der Waals surface area (Å²) in [6.45, 7) is 0. The molecular weight excluding hydrogens is 741 g/mol. The van der Waals surface area contributed by atoms with Crippen LogP contribution in [0.3, 0.4) is 0 Å². The fourth-order valence-corrected chi connectivity index (χ4v) is 9.81. The summed E-state index contributed by atoms with van der Waals surface area (Å²) in [6.07, 6.45) is 15.7. The number of para-hydroxylation sites is 2. The first-order valence-corrected chi connectivity index (χ1v) is 21.4. The minimum atomic E-state index is 0.910. The number of hydrogen-bond acceptors (Lipinski definition) is 2. The van der Waals surface area contributed by atoms with Gasteiger partial charge in [-0.2, -0.15) is 0 Å². The average molecular weight is 783 g/mol. The maximum absolute atomic E-state index is 6.24. The first-order chi connectivity index (χ1) is 30.2. The second-order valence-corrected chi connectivity index (χ2v) is 16.3. The van der Waals surface area contributed by atoms with Crippen LogP contribution < -0.4 is 4.90 Å². The van der Waals surface area contributed by atoms with Crippen LogP contribution in [-0.2, 0) is 0 Å². The minimum Gasteiger partial charge on any atom is -0.456 e. The fraction of sp³-hybridized carbons (Fsp3) is 0.0690. The zero-order chi connectivity index (χ0) is 40.3. The predicted octanol–water partition coefficient (Wildman–Crippen LogP) is 16.4. The first-order valence-electron chi connectivity index (χ1n) is 21.4. The normalized spacial score (nSPS) is 14.2. The lowest BCUT2D eigenvalue weighted by molar-refractivity contribution is 0.669. The molecule has 8 aromatic carbocycles. The summed E-state index contributed by atoms with van der Waals surface area (Å²) in [7, 11) is 0. The second kappa shape index (κ2) is 14.6. The number of fused-ring (bicyclic) bond motifs is 8. The van der Waals surface area contributed by atoms with E-state index in [1.54, 1.807) is 0 Å². The number of furan rings is 1. The van der Waals surface area contributed by atoms with E-state index >= 15 is 0 Å². The van der Waals surface area contributed by atoms with E-state index < -0.39 is 0 Å². The lowest BCUT2D eigenvalue weighted by Crippen LogP contribution is -2.10. The Morgan fingerprint density at radius 2 is 1.13 bits per heavy atom. The Hall–Kier alpha value is -7.62. The molecule has 3 nitrogen and oxygen atoms in total. The molecule has 0 saturated heterocycles. The molecule has 0 unspecified atom stereocenters. The number of rotatable bonds is 7. The quantitative estimate of drug-likeness (QED) is 0.161. The lowest BCUT2D eigenvalue weighted by Gasteiger charge is -2.26. The maximum atomic E-state index is 6.24. The van der Waals surface area contributed by atoms with Crippen molar-refractivity contribution < 1.29 is 4.42 Å². The highest BCUT2D eigenvalue weighted by Gasteiger charge is 2.20. The van der Waals surface area contributed by atoms with E-state index in [4.69, 9.17) is 4.42 Å². The Morgan fingerprint density at radius 3 is 1.87 bits per heavy atom. The van der Waals surface area contributed by atoms with E-state index in [0.717, 1.165) is 70.2 Å². The Balaban J connectivity index is 0.897. The smallest absolute Gasteiger partial charge is 0.136 e. The topological polar surface area (TPSA) is 21.3 Å². The van der Waals surface area contributed by atoms with Crippen molar-refractivity contribution >= 4 is 88.4 Å². The SMILES string of the molecule is C1=CC(c2ccc(N(c3ccc(C4=CC=C(n5c6ccccc6c6c7ccccc7ccc65)CC4)cc3)c3ccc(-c4cccc5oc6ccccc6c45)cc3)cc2)=CCC1. The molecule has 2 aliphatic rings. The third kappa shape index (κ3) is 6.04. The van der Waals surface area contributed by atoms with Gasteiger partial charge in [0, 0.05) is 44.3 Å². The first kappa shape index (κ1) is 35.3. The van der Waals surface area contributed by atoms with E-state index in [1.807, 2.05) is 12.1 Å². The van der Waals surface area contributed by atoms with Gasteiger partial charge in [0.1, 0.15) is 11.2 Å². The van der Waals surface area contributed by atoms with Crippen molar-refractivity contribution in [2.24, 2.45) is 0 Å². The summed E-state index contributed by atoms with van der Waals surface area (Å²) in [5.74, 6) is 0. The van der Waals surface area contributed by atoms with Crippen LogP contribution in [0, 0.1) is 0 Å². The number of nitrogens with zero attached hydrogens (tertiary/aromatic N) is 2. The number of hydrogen-bond donors (Lipinski definition) is 0. The number of benzene rings is 8. The summed E-state index contributed by atoms with van der Waals surface area (Å²) in [6, 6.07) is 64.0. The molecule has 0 N–H and O–H groups in total. The highest BCUT2D eigenvalue weighted by molar-refractivity contribution is 6.21. The second-order valence-electron chi connectivity index (χ2n) is 16.3. The van der Waals surface area contributed by atoms with Crippen LogP contribution in [0.15, 0.2) is 211 Å².